The van der Waals surface area contributed by atoms with Crippen molar-refractivity contribution >= 4 is 5.91 Å². The van der Waals surface area contributed by atoms with Crippen LogP contribution >= 0.6 is 0 Å². The van der Waals surface area contributed by atoms with Gasteiger partial charge in [0.05, 0.1) is 5.41 Å². The third kappa shape index (κ3) is 2.82. The summed E-state index contributed by atoms with van der Waals surface area (Å²) < 4.78 is 2.01. The minimum atomic E-state index is -0.530. The van der Waals surface area contributed by atoms with E-state index >= 15 is 0 Å². The largest absolute Gasteiger partial charge is 0.334 e. The highest BCUT2D eigenvalue weighted by Crippen LogP contribution is 2.19. The maximum absolute atomic E-state index is 11.6. The van der Waals surface area contributed by atoms with Gasteiger partial charge in [-0.05, 0) is 20.3 Å². The molecule has 0 fully saturated rings. The molecule has 0 spiro atoms. The lowest BCUT2D eigenvalue weighted by Crippen LogP contribution is -2.43. The van der Waals surface area contributed by atoms with Crippen LogP contribution < -0.4 is 11.3 Å². The van der Waals surface area contributed by atoms with Gasteiger partial charge in [0, 0.05) is 25.4 Å². The van der Waals surface area contributed by atoms with Gasteiger partial charge in [-0.2, -0.15) is 0 Å². The first-order valence-corrected chi connectivity index (χ1v) is 5.52. The molecule has 0 unspecified atom stereocenters. The zero-order valence-corrected chi connectivity index (χ0v) is 10.2. The number of amides is 1. The average Bonchev–Trinajstić information content (AvgIpc) is 2.64. The van der Waals surface area contributed by atoms with Crippen LogP contribution in [0.15, 0.2) is 12.4 Å². The number of imidazole rings is 1. The normalized spacial score (nSPS) is 11.5. The van der Waals surface area contributed by atoms with Gasteiger partial charge in [0.25, 0.3) is 0 Å². The smallest absolute Gasteiger partial charge is 0.241 e. The van der Waals surface area contributed by atoms with Crippen LogP contribution in [0.25, 0.3) is 0 Å². The second kappa shape index (κ2) is 5.12. The van der Waals surface area contributed by atoms with Crippen LogP contribution in [0.5, 0.6) is 0 Å². The number of carbonyl (C=O) groups excluding carboxylic acids is 1. The molecule has 0 aliphatic carbocycles. The number of carbonyl (C=O) groups is 1. The number of hydrogen-bond donors (Lipinski definition) is 2. The average molecular weight is 224 g/mol. The Labute approximate surface area is 96.0 Å². The topological polar surface area (TPSA) is 72.9 Å². The molecule has 1 heterocycles. The molecule has 1 aromatic heterocycles. The first kappa shape index (κ1) is 12.7. The maximum atomic E-state index is 11.6. The Hall–Kier alpha value is -1.36. The lowest BCUT2D eigenvalue weighted by Gasteiger charge is -2.23. The molecule has 0 aliphatic rings. The molecule has 0 atom stereocenters. The quantitative estimate of drug-likeness (QED) is 0.442. The monoisotopic (exact) mass is 224 g/mol. The van der Waals surface area contributed by atoms with Crippen LogP contribution in [0.3, 0.4) is 0 Å². The molecule has 0 bridgehead atoms. The summed E-state index contributed by atoms with van der Waals surface area (Å²) in [7, 11) is 0. The van der Waals surface area contributed by atoms with Gasteiger partial charge in [0.15, 0.2) is 0 Å². The molecule has 0 aliphatic heterocycles. The Balaban J connectivity index is 2.79. The van der Waals surface area contributed by atoms with Crippen molar-refractivity contribution in [1.29, 1.82) is 0 Å². The zero-order chi connectivity index (χ0) is 12.2. The molecule has 16 heavy (non-hydrogen) atoms. The van der Waals surface area contributed by atoms with Crippen molar-refractivity contribution in [1.82, 2.24) is 15.0 Å². The molecule has 1 aromatic rings. The van der Waals surface area contributed by atoms with Crippen LogP contribution in [0, 0.1) is 5.41 Å². The minimum absolute atomic E-state index is 0.163. The van der Waals surface area contributed by atoms with Crippen LogP contribution in [0.1, 0.15) is 33.0 Å². The number of aryl methyl sites for hydroxylation is 1. The minimum Gasteiger partial charge on any atom is -0.334 e. The highest BCUT2D eigenvalue weighted by atomic mass is 16.2. The van der Waals surface area contributed by atoms with Gasteiger partial charge >= 0.3 is 0 Å². The molecule has 1 amide bonds. The number of nitrogens with two attached hydrogens (primary N) is 1. The highest BCUT2D eigenvalue weighted by Gasteiger charge is 2.28. The van der Waals surface area contributed by atoms with Crippen molar-refractivity contribution in [3.63, 3.8) is 0 Å². The van der Waals surface area contributed by atoms with Gasteiger partial charge in [-0.15, -0.1) is 0 Å². The van der Waals surface area contributed by atoms with E-state index in [1.807, 2.05) is 24.6 Å². The molecule has 5 nitrogen and oxygen atoms in total. The lowest BCUT2D eigenvalue weighted by molar-refractivity contribution is -0.130. The Bertz CT molecular complexity index is 357. The van der Waals surface area contributed by atoms with E-state index in [9.17, 15) is 4.79 Å². The summed E-state index contributed by atoms with van der Waals surface area (Å²) in [6.07, 6.45) is 5.63. The van der Waals surface area contributed by atoms with Gasteiger partial charge < -0.3 is 4.57 Å². The summed E-state index contributed by atoms with van der Waals surface area (Å²) >= 11 is 0. The van der Waals surface area contributed by atoms with Crippen LogP contribution in [0.4, 0.5) is 0 Å². The molecule has 3 N–H and O–H groups in total. The number of nitrogens with one attached hydrogen (secondary N) is 1. The maximum Gasteiger partial charge on any atom is 0.241 e. The third-order valence-electron chi connectivity index (χ3n) is 2.59. The summed E-state index contributed by atoms with van der Waals surface area (Å²) in [5.41, 5.74) is 1.67. The fourth-order valence-electron chi connectivity index (χ4n) is 1.63. The first-order chi connectivity index (χ1) is 7.51. The molecule has 5 heteroatoms. The second-order valence-corrected chi connectivity index (χ2v) is 4.58. The predicted octanol–water partition coefficient (Wildman–Crippen LogP) is 0.852. The van der Waals surface area contributed by atoms with Crippen molar-refractivity contribution in [2.24, 2.45) is 11.3 Å². The van der Waals surface area contributed by atoms with E-state index in [0.29, 0.717) is 6.54 Å². The molecular formula is C11H20N4O. The molecule has 1 rings (SSSR count). The molecule has 0 saturated heterocycles. The van der Waals surface area contributed by atoms with Gasteiger partial charge in [-0.25, -0.2) is 10.8 Å². The van der Waals surface area contributed by atoms with Crippen molar-refractivity contribution in [3.05, 3.63) is 18.2 Å². The summed E-state index contributed by atoms with van der Waals surface area (Å²) in [5.74, 6) is 6.01. The Morgan fingerprint density at radius 1 is 1.62 bits per heavy atom. The van der Waals surface area contributed by atoms with E-state index in [4.69, 9.17) is 5.84 Å². The van der Waals surface area contributed by atoms with Crippen LogP contribution in [0.2, 0.25) is 0 Å². The second-order valence-electron chi connectivity index (χ2n) is 4.58. The van der Waals surface area contributed by atoms with Crippen molar-refractivity contribution in [2.45, 2.75) is 40.2 Å². The number of nitrogens with zero attached hydrogens (tertiary/aromatic N) is 2. The van der Waals surface area contributed by atoms with E-state index in [1.54, 1.807) is 6.20 Å². The van der Waals surface area contributed by atoms with E-state index in [2.05, 4.69) is 17.3 Å². The highest BCUT2D eigenvalue weighted by molar-refractivity contribution is 5.81. The van der Waals surface area contributed by atoms with Crippen molar-refractivity contribution < 1.29 is 4.79 Å². The number of rotatable bonds is 5. The van der Waals surface area contributed by atoms with E-state index < -0.39 is 5.41 Å². The molecule has 0 saturated carbocycles. The molecule has 90 valence electrons. The molecular weight excluding hydrogens is 204 g/mol. The molecule has 0 radical (unpaired) electrons. The SMILES string of the molecule is CCCc1nccn1CC(C)(C)C(=O)NN. The Kier molecular flexibility index (Phi) is 4.06. The Morgan fingerprint density at radius 3 is 2.88 bits per heavy atom. The molecule has 0 aromatic carbocycles. The third-order valence-corrected chi connectivity index (χ3v) is 2.59. The van der Waals surface area contributed by atoms with E-state index in [-0.39, 0.29) is 5.91 Å². The summed E-state index contributed by atoms with van der Waals surface area (Å²) in [4.78, 5) is 15.8. The van der Waals surface area contributed by atoms with E-state index in [0.717, 1.165) is 18.7 Å². The van der Waals surface area contributed by atoms with Crippen LogP contribution in [-0.2, 0) is 17.8 Å². The first-order valence-electron chi connectivity index (χ1n) is 5.52. The van der Waals surface area contributed by atoms with Gasteiger partial charge in [0.1, 0.15) is 5.82 Å². The summed E-state index contributed by atoms with van der Waals surface area (Å²) in [6.45, 7) is 6.43. The number of aromatic nitrogens is 2. The Morgan fingerprint density at radius 2 is 2.31 bits per heavy atom. The zero-order valence-electron chi connectivity index (χ0n) is 10.2. The predicted molar refractivity (Wildman–Crippen MR) is 62.3 cm³/mol. The lowest BCUT2D eigenvalue weighted by atomic mass is 9.92. The van der Waals surface area contributed by atoms with Gasteiger partial charge in [-0.3, -0.25) is 10.2 Å². The van der Waals surface area contributed by atoms with Gasteiger partial charge in [0.2, 0.25) is 5.91 Å². The van der Waals surface area contributed by atoms with E-state index in [1.165, 1.54) is 0 Å². The standard InChI is InChI=1S/C11H20N4O/c1-4-5-9-13-6-7-15(9)8-11(2,3)10(16)14-12/h6-7H,4-5,8,12H2,1-3H3,(H,14,16). The van der Waals surface area contributed by atoms with Crippen LogP contribution in [-0.4, -0.2) is 15.5 Å². The summed E-state index contributed by atoms with van der Waals surface area (Å²) in [5, 5.41) is 0. The van der Waals surface area contributed by atoms with Crippen molar-refractivity contribution in [2.75, 3.05) is 0 Å². The number of hydrazine groups is 1. The summed E-state index contributed by atoms with van der Waals surface area (Å²) in [6, 6.07) is 0. The number of hydrogen-bond acceptors (Lipinski definition) is 3. The van der Waals surface area contributed by atoms with Gasteiger partial charge in [-0.1, -0.05) is 6.92 Å². The fraction of sp³-hybridized carbons (Fsp3) is 0.636. The van der Waals surface area contributed by atoms with Crippen molar-refractivity contribution in [3.8, 4) is 0 Å². The fourth-order valence-corrected chi connectivity index (χ4v) is 1.63.